The van der Waals surface area contributed by atoms with Gasteiger partial charge in [-0.05, 0) is 23.3 Å². The van der Waals surface area contributed by atoms with Crippen molar-refractivity contribution in [1.29, 1.82) is 0 Å². The summed E-state index contributed by atoms with van der Waals surface area (Å²) >= 11 is 0. The summed E-state index contributed by atoms with van der Waals surface area (Å²) < 4.78 is 0. The summed E-state index contributed by atoms with van der Waals surface area (Å²) in [6.07, 6.45) is -0.765. The first-order chi connectivity index (χ1) is 11.1. The first-order valence-corrected chi connectivity index (χ1v) is 7.69. The van der Waals surface area contributed by atoms with Crippen molar-refractivity contribution in [3.8, 4) is 5.75 Å². The molecule has 2 aromatic rings. The molecule has 0 aromatic heterocycles. The van der Waals surface area contributed by atoms with E-state index in [2.05, 4.69) is 5.32 Å². The molecule has 1 heterocycles. The Morgan fingerprint density at radius 3 is 2.70 bits per heavy atom. The number of phenols is 1. The predicted molar refractivity (Wildman–Crippen MR) is 86.8 cm³/mol. The summed E-state index contributed by atoms with van der Waals surface area (Å²) in [5.41, 5.74) is 1.55. The molecule has 5 nitrogen and oxygen atoms in total. The molecule has 1 saturated heterocycles. The van der Waals surface area contributed by atoms with E-state index in [4.69, 9.17) is 0 Å². The zero-order chi connectivity index (χ0) is 16.2. The van der Waals surface area contributed by atoms with Gasteiger partial charge in [0.05, 0.1) is 6.10 Å². The van der Waals surface area contributed by atoms with Crippen molar-refractivity contribution in [3.63, 3.8) is 0 Å². The number of nitrogens with zero attached hydrogens (tertiary/aromatic N) is 1. The van der Waals surface area contributed by atoms with Crippen LogP contribution in [0.4, 0.5) is 0 Å². The van der Waals surface area contributed by atoms with Crippen molar-refractivity contribution in [1.82, 2.24) is 10.2 Å². The van der Waals surface area contributed by atoms with Gasteiger partial charge in [0.1, 0.15) is 11.8 Å². The van der Waals surface area contributed by atoms with Crippen LogP contribution < -0.4 is 5.32 Å². The van der Waals surface area contributed by atoms with Crippen LogP contribution in [0.1, 0.15) is 23.3 Å². The van der Waals surface area contributed by atoms with Crippen LogP contribution in [0.2, 0.25) is 0 Å². The van der Waals surface area contributed by atoms with Gasteiger partial charge >= 0.3 is 0 Å². The summed E-state index contributed by atoms with van der Waals surface area (Å²) in [4.78, 5) is 14.3. The standard InChI is InChI=1S/C18H20N2O3/c21-15-8-4-7-14(11-15)16(22)12-20-10-9-19-18(23)17(20)13-5-2-1-3-6-13/h1-8,11,16-17,21-22H,9-10,12H2,(H,19,23). The third-order valence-electron chi connectivity index (χ3n) is 4.09. The van der Waals surface area contributed by atoms with Gasteiger partial charge in [0.2, 0.25) is 5.91 Å². The molecule has 120 valence electrons. The van der Waals surface area contributed by atoms with E-state index in [1.807, 2.05) is 35.2 Å². The van der Waals surface area contributed by atoms with Crippen molar-refractivity contribution in [2.24, 2.45) is 0 Å². The molecule has 5 heteroatoms. The lowest BCUT2D eigenvalue weighted by atomic mass is 10.0. The van der Waals surface area contributed by atoms with E-state index >= 15 is 0 Å². The number of amides is 1. The highest BCUT2D eigenvalue weighted by Crippen LogP contribution is 2.26. The quantitative estimate of drug-likeness (QED) is 0.802. The molecular weight excluding hydrogens is 292 g/mol. The van der Waals surface area contributed by atoms with Gasteiger partial charge in [-0.1, -0.05) is 42.5 Å². The first-order valence-electron chi connectivity index (χ1n) is 7.69. The molecular formula is C18H20N2O3. The highest BCUT2D eigenvalue weighted by atomic mass is 16.3. The molecule has 3 rings (SSSR count). The second kappa shape index (κ2) is 6.81. The number of piperazine rings is 1. The van der Waals surface area contributed by atoms with E-state index in [1.54, 1.807) is 24.3 Å². The molecule has 0 radical (unpaired) electrons. The second-order valence-corrected chi connectivity index (χ2v) is 5.71. The van der Waals surface area contributed by atoms with Crippen LogP contribution in [0, 0.1) is 0 Å². The molecule has 1 aliphatic heterocycles. The van der Waals surface area contributed by atoms with Crippen molar-refractivity contribution in [2.75, 3.05) is 19.6 Å². The Labute approximate surface area is 135 Å². The van der Waals surface area contributed by atoms with Gasteiger partial charge in [0, 0.05) is 19.6 Å². The number of nitrogens with one attached hydrogen (secondary N) is 1. The summed E-state index contributed by atoms with van der Waals surface area (Å²) in [5.74, 6) is 0.0723. The van der Waals surface area contributed by atoms with E-state index in [9.17, 15) is 15.0 Å². The number of aliphatic hydroxyl groups is 1. The van der Waals surface area contributed by atoms with Gasteiger partial charge in [-0.15, -0.1) is 0 Å². The number of hydrogen-bond donors (Lipinski definition) is 3. The minimum absolute atomic E-state index is 0.0504. The van der Waals surface area contributed by atoms with E-state index in [-0.39, 0.29) is 11.7 Å². The third kappa shape index (κ3) is 3.52. The van der Waals surface area contributed by atoms with E-state index < -0.39 is 12.1 Å². The highest BCUT2D eigenvalue weighted by molar-refractivity contribution is 5.83. The number of rotatable bonds is 4. The van der Waals surface area contributed by atoms with Crippen molar-refractivity contribution < 1.29 is 15.0 Å². The predicted octanol–water partition coefficient (Wildman–Crippen LogP) is 1.60. The largest absolute Gasteiger partial charge is 0.508 e. The summed E-state index contributed by atoms with van der Waals surface area (Å²) in [6, 6.07) is 15.7. The number of β-amino-alcohol motifs (C(OH)–C–C–N with tert-alkyl or cyclic N) is 1. The molecule has 0 bridgehead atoms. The minimum Gasteiger partial charge on any atom is -0.508 e. The van der Waals surface area contributed by atoms with E-state index in [1.165, 1.54) is 0 Å². The van der Waals surface area contributed by atoms with Crippen LogP contribution in [0.25, 0.3) is 0 Å². The molecule has 1 fully saturated rings. The second-order valence-electron chi connectivity index (χ2n) is 5.71. The van der Waals surface area contributed by atoms with Crippen LogP contribution in [0.15, 0.2) is 54.6 Å². The van der Waals surface area contributed by atoms with Gasteiger partial charge in [0.25, 0.3) is 0 Å². The number of aliphatic hydroxyl groups excluding tert-OH is 1. The minimum atomic E-state index is -0.765. The number of hydrogen-bond acceptors (Lipinski definition) is 4. The van der Waals surface area contributed by atoms with Crippen LogP contribution in [0.3, 0.4) is 0 Å². The third-order valence-corrected chi connectivity index (χ3v) is 4.09. The number of carbonyl (C=O) groups is 1. The lowest BCUT2D eigenvalue weighted by molar-refractivity contribution is -0.130. The van der Waals surface area contributed by atoms with Gasteiger partial charge in [-0.3, -0.25) is 9.69 Å². The molecule has 1 aliphatic rings. The van der Waals surface area contributed by atoms with Crippen LogP contribution in [0.5, 0.6) is 5.75 Å². The molecule has 2 atom stereocenters. The Morgan fingerprint density at radius 2 is 1.96 bits per heavy atom. The number of benzene rings is 2. The fourth-order valence-electron chi connectivity index (χ4n) is 2.97. The molecule has 0 saturated carbocycles. The van der Waals surface area contributed by atoms with Crippen molar-refractivity contribution in [2.45, 2.75) is 12.1 Å². The Kier molecular flexibility index (Phi) is 4.60. The van der Waals surface area contributed by atoms with Crippen LogP contribution in [-0.4, -0.2) is 40.7 Å². The first kappa shape index (κ1) is 15.5. The molecule has 0 aliphatic carbocycles. The lowest BCUT2D eigenvalue weighted by Gasteiger charge is -2.36. The average Bonchev–Trinajstić information content (AvgIpc) is 2.56. The maximum atomic E-state index is 12.3. The monoisotopic (exact) mass is 312 g/mol. The molecule has 0 spiro atoms. The number of aromatic hydroxyl groups is 1. The SMILES string of the molecule is O=C1NCCN(CC(O)c2cccc(O)c2)C1c1ccccc1. The summed E-state index contributed by atoms with van der Waals surface area (Å²) in [5, 5.41) is 22.9. The lowest BCUT2D eigenvalue weighted by Crippen LogP contribution is -2.51. The number of carbonyl (C=O) groups excluding carboxylic acids is 1. The maximum absolute atomic E-state index is 12.3. The van der Waals surface area contributed by atoms with E-state index in [0.29, 0.717) is 25.2 Å². The average molecular weight is 312 g/mol. The fourth-order valence-corrected chi connectivity index (χ4v) is 2.97. The Morgan fingerprint density at radius 1 is 1.17 bits per heavy atom. The highest BCUT2D eigenvalue weighted by Gasteiger charge is 2.32. The fraction of sp³-hybridized carbons (Fsp3) is 0.278. The molecule has 23 heavy (non-hydrogen) atoms. The van der Waals surface area contributed by atoms with Gasteiger partial charge < -0.3 is 15.5 Å². The van der Waals surface area contributed by atoms with Crippen LogP contribution in [-0.2, 0) is 4.79 Å². The van der Waals surface area contributed by atoms with E-state index in [0.717, 1.165) is 5.56 Å². The Hall–Kier alpha value is -2.37. The zero-order valence-corrected chi connectivity index (χ0v) is 12.7. The molecule has 2 unspecified atom stereocenters. The Balaban J connectivity index is 1.80. The smallest absolute Gasteiger partial charge is 0.242 e. The zero-order valence-electron chi connectivity index (χ0n) is 12.7. The maximum Gasteiger partial charge on any atom is 0.242 e. The topological polar surface area (TPSA) is 72.8 Å². The van der Waals surface area contributed by atoms with Crippen molar-refractivity contribution >= 4 is 5.91 Å². The van der Waals surface area contributed by atoms with Gasteiger partial charge in [-0.2, -0.15) is 0 Å². The van der Waals surface area contributed by atoms with Crippen LogP contribution >= 0.6 is 0 Å². The van der Waals surface area contributed by atoms with Gasteiger partial charge in [0.15, 0.2) is 0 Å². The van der Waals surface area contributed by atoms with Gasteiger partial charge in [-0.25, -0.2) is 0 Å². The normalized spacial score (nSPS) is 20.0. The summed E-state index contributed by atoms with van der Waals surface area (Å²) in [7, 11) is 0. The molecule has 2 aromatic carbocycles. The van der Waals surface area contributed by atoms with Crippen molar-refractivity contribution in [3.05, 3.63) is 65.7 Å². The summed E-state index contributed by atoms with van der Waals surface area (Å²) in [6.45, 7) is 1.56. The molecule has 3 N–H and O–H groups in total. The number of phenolic OH excluding ortho intramolecular Hbond substituents is 1. The molecule has 1 amide bonds. The Bertz CT molecular complexity index is 675.